The highest BCUT2D eigenvalue weighted by molar-refractivity contribution is 9.10. The second-order valence-corrected chi connectivity index (χ2v) is 4.94. The normalized spacial score (nSPS) is 12.4. The molecule has 1 rings (SSSR count). The van der Waals surface area contributed by atoms with E-state index < -0.39 is 0 Å². The van der Waals surface area contributed by atoms with Gasteiger partial charge in [-0.3, -0.25) is 0 Å². The standard InChI is InChI=1S/C14H20BrN/c1-4-5-6-7-14(16-3)12-10-11(2)8-9-13(12)15/h4,8-10,14,16H,1,5-7H2,2-3H3. The third-order valence-corrected chi connectivity index (χ3v) is 3.50. The van der Waals surface area contributed by atoms with Crippen LogP contribution in [0.2, 0.25) is 0 Å². The summed E-state index contributed by atoms with van der Waals surface area (Å²) in [6.07, 6.45) is 5.39. The highest BCUT2D eigenvalue weighted by Gasteiger charge is 2.11. The van der Waals surface area contributed by atoms with Crippen LogP contribution < -0.4 is 5.32 Å². The first-order valence-electron chi connectivity index (χ1n) is 5.73. The number of nitrogens with one attached hydrogen (secondary N) is 1. The molecule has 0 bridgehead atoms. The molecular weight excluding hydrogens is 262 g/mol. The summed E-state index contributed by atoms with van der Waals surface area (Å²) in [5.74, 6) is 0. The highest BCUT2D eigenvalue weighted by Crippen LogP contribution is 2.27. The van der Waals surface area contributed by atoms with E-state index in [4.69, 9.17) is 0 Å². The van der Waals surface area contributed by atoms with Gasteiger partial charge in [0.1, 0.15) is 0 Å². The largest absolute Gasteiger partial charge is 0.313 e. The minimum absolute atomic E-state index is 0.425. The van der Waals surface area contributed by atoms with Crippen molar-refractivity contribution in [2.45, 2.75) is 32.2 Å². The molecule has 0 heterocycles. The van der Waals surface area contributed by atoms with Gasteiger partial charge in [0.05, 0.1) is 0 Å². The van der Waals surface area contributed by atoms with Crippen molar-refractivity contribution in [3.8, 4) is 0 Å². The number of hydrogen-bond acceptors (Lipinski definition) is 1. The third kappa shape index (κ3) is 3.76. The van der Waals surface area contributed by atoms with E-state index >= 15 is 0 Å². The molecule has 0 radical (unpaired) electrons. The van der Waals surface area contributed by atoms with Crippen LogP contribution in [-0.4, -0.2) is 7.05 Å². The predicted octanol–water partition coefficient (Wildman–Crippen LogP) is 4.37. The molecule has 1 aromatic rings. The Bertz CT molecular complexity index is 347. The van der Waals surface area contributed by atoms with E-state index in [0.29, 0.717) is 6.04 Å². The summed E-state index contributed by atoms with van der Waals surface area (Å²) < 4.78 is 1.19. The number of unbranched alkanes of at least 4 members (excludes halogenated alkanes) is 1. The molecule has 0 amide bonds. The maximum absolute atomic E-state index is 3.76. The van der Waals surface area contributed by atoms with E-state index in [1.165, 1.54) is 22.0 Å². The SMILES string of the molecule is C=CCCCC(NC)c1cc(C)ccc1Br. The Morgan fingerprint density at radius 1 is 1.50 bits per heavy atom. The van der Waals surface area contributed by atoms with E-state index in [0.717, 1.165) is 12.8 Å². The number of aryl methyl sites for hydroxylation is 1. The van der Waals surface area contributed by atoms with Gasteiger partial charge in [0.2, 0.25) is 0 Å². The lowest BCUT2D eigenvalue weighted by Gasteiger charge is -2.18. The van der Waals surface area contributed by atoms with Crippen LogP contribution in [0.15, 0.2) is 35.3 Å². The van der Waals surface area contributed by atoms with Gasteiger partial charge < -0.3 is 5.32 Å². The summed E-state index contributed by atoms with van der Waals surface area (Å²) >= 11 is 3.62. The molecule has 0 fully saturated rings. The summed E-state index contributed by atoms with van der Waals surface area (Å²) in [4.78, 5) is 0. The molecule has 1 atom stereocenters. The minimum Gasteiger partial charge on any atom is -0.313 e. The molecule has 1 unspecified atom stereocenters. The van der Waals surface area contributed by atoms with Gasteiger partial charge >= 0.3 is 0 Å². The van der Waals surface area contributed by atoms with E-state index in [-0.39, 0.29) is 0 Å². The first-order valence-corrected chi connectivity index (χ1v) is 6.52. The number of allylic oxidation sites excluding steroid dienone is 1. The van der Waals surface area contributed by atoms with E-state index in [1.54, 1.807) is 0 Å². The Morgan fingerprint density at radius 2 is 2.25 bits per heavy atom. The second-order valence-electron chi connectivity index (χ2n) is 4.09. The van der Waals surface area contributed by atoms with Crippen LogP contribution in [0.5, 0.6) is 0 Å². The predicted molar refractivity (Wildman–Crippen MR) is 74.7 cm³/mol. The van der Waals surface area contributed by atoms with Crippen LogP contribution in [0.4, 0.5) is 0 Å². The molecule has 0 saturated heterocycles. The first-order chi connectivity index (χ1) is 7.69. The minimum atomic E-state index is 0.425. The van der Waals surface area contributed by atoms with Gasteiger partial charge in [0.25, 0.3) is 0 Å². The molecule has 1 nitrogen and oxygen atoms in total. The molecule has 0 aliphatic rings. The summed E-state index contributed by atoms with van der Waals surface area (Å²) in [6.45, 7) is 5.89. The summed E-state index contributed by atoms with van der Waals surface area (Å²) in [6, 6.07) is 6.93. The van der Waals surface area contributed by atoms with Crippen molar-refractivity contribution in [2.24, 2.45) is 0 Å². The molecule has 0 aliphatic heterocycles. The maximum atomic E-state index is 3.76. The Morgan fingerprint density at radius 3 is 2.88 bits per heavy atom. The van der Waals surface area contributed by atoms with Crippen LogP contribution >= 0.6 is 15.9 Å². The van der Waals surface area contributed by atoms with Crippen LogP contribution in [0.1, 0.15) is 36.4 Å². The van der Waals surface area contributed by atoms with Crippen LogP contribution in [0.3, 0.4) is 0 Å². The summed E-state index contributed by atoms with van der Waals surface area (Å²) in [5.41, 5.74) is 2.66. The van der Waals surface area contributed by atoms with Crippen LogP contribution in [0, 0.1) is 6.92 Å². The molecule has 0 spiro atoms. The number of halogens is 1. The third-order valence-electron chi connectivity index (χ3n) is 2.78. The number of hydrogen-bond donors (Lipinski definition) is 1. The lowest BCUT2D eigenvalue weighted by molar-refractivity contribution is 0.528. The molecular formula is C14H20BrN. The Labute approximate surface area is 107 Å². The average molecular weight is 282 g/mol. The van der Waals surface area contributed by atoms with Gasteiger partial charge in [-0.25, -0.2) is 0 Å². The van der Waals surface area contributed by atoms with Crippen molar-refractivity contribution in [3.63, 3.8) is 0 Å². The van der Waals surface area contributed by atoms with Crippen molar-refractivity contribution in [3.05, 3.63) is 46.5 Å². The van der Waals surface area contributed by atoms with Crippen molar-refractivity contribution in [1.29, 1.82) is 0 Å². The first kappa shape index (κ1) is 13.5. The van der Waals surface area contributed by atoms with Crippen molar-refractivity contribution in [1.82, 2.24) is 5.32 Å². The monoisotopic (exact) mass is 281 g/mol. The van der Waals surface area contributed by atoms with Crippen LogP contribution in [-0.2, 0) is 0 Å². The van der Waals surface area contributed by atoms with Gasteiger partial charge in [-0.05, 0) is 44.9 Å². The average Bonchev–Trinajstić information content (AvgIpc) is 2.28. The van der Waals surface area contributed by atoms with Gasteiger partial charge in [0, 0.05) is 10.5 Å². The van der Waals surface area contributed by atoms with Gasteiger partial charge in [-0.2, -0.15) is 0 Å². The van der Waals surface area contributed by atoms with Gasteiger partial charge in [0.15, 0.2) is 0 Å². The Balaban J connectivity index is 2.77. The van der Waals surface area contributed by atoms with Crippen molar-refractivity contribution < 1.29 is 0 Å². The Kier molecular flexibility index (Phi) is 5.78. The zero-order valence-electron chi connectivity index (χ0n) is 10.1. The Hall–Kier alpha value is -0.600. The molecule has 0 aromatic heterocycles. The topological polar surface area (TPSA) is 12.0 Å². The van der Waals surface area contributed by atoms with Crippen molar-refractivity contribution in [2.75, 3.05) is 7.05 Å². The van der Waals surface area contributed by atoms with E-state index in [1.807, 2.05) is 13.1 Å². The molecule has 0 aliphatic carbocycles. The van der Waals surface area contributed by atoms with Gasteiger partial charge in [-0.15, -0.1) is 6.58 Å². The zero-order chi connectivity index (χ0) is 12.0. The molecule has 88 valence electrons. The lowest BCUT2D eigenvalue weighted by atomic mass is 9.99. The molecule has 1 N–H and O–H groups in total. The molecule has 2 heteroatoms. The van der Waals surface area contributed by atoms with E-state index in [9.17, 15) is 0 Å². The molecule has 1 aromatic carbocycles. The second kappa shape index (κ2) is 6.87. The number of rotatable bonds is 6. The maximum Gasteiger partial charge on any atom is 0.0328 e. The fourth-order valence-electron chi connectivity index (χ4n) is 1.85. The van der Waals surface area contributed by atoms with Crippen LogP contribution in [0.25, 0.3) is 0 Å². The summed E-state index contributed by atoms with van der Waals surface area (Å²) in [5, 5.41) is 3.38. The fourth-order valence-corrected chi connectivity index (χ4v) is 2.37. The number of benzene rings is 1. The smallest absolute Gasteiger partial charge is 0.0328 e. The fraction of sp³-hybridized carbons (Fsp3) is 0.429. The molecule has 16 heavy (non-hydrogen) atoms. The summed E-state index contributed by atoms with van der Waals surface area (Å²) in [7, 11) is 2.02. The van der Waals surface area contributed by atoms with Gasteiger partial charge in [-0.1, -0.05) is 39.7 Å². The zero-order valence-corrected chi connectivity index (χ0v) is 11.7. The van der Waals surface area contributed by atoms with E-state index in [2.05, 4.69) is 52.9 Å². The molecule has 0 saturated carbocycles. The lowest BCUT2D eigenvalue weighted by Crippen LogP contribution is -2.16. The quantitative estimate of drug-likeness (QED) is 0.603. The van der Waals surface area contributed by atoms with Crippen molar-refractivity contribution >= 4 is 15.9 Å². The highest BCUT2D eigenvalue weighted by atomic mass is 79.9.